The van der Waals surface area contributed by atoms with Crippen molar-refractivity contribution in [1.29, 1.82) is 0 Å². The van der Waals surface area contributed by atoms with E-state index < -0.39 is 0 Å². The number of halogens is 1. The molecule has 4 rings (SSSR count). The van der Waals surface area contributed by atoms with Crippen molar-refractivity contribution in [3.8, 4) is 0 Å². The third-order valence-electron chi connectivity index (χ3n) is 4.41. The molecule has 1 aromatic heterocycles. The molecule has 0 amide bonds. The van der Waals surface area contributed by atoms with Crippen LogP contribution in [0.1, 0.15) is 64.9 Å². The highest BCUT2D eigenvalue weighted by Crippen LogP contribution is 2.38. The van der Waals surface area contributed by atoms with Crippen LogP contribution in [0, 0.1) is 0 Å². The Morgan fingerprint density at radius 3 is 2.30 bits per heavy atom. The summed E-state index contributed by atoms with van der Waals surface area (Å²) >= 11 is 0.318. The minimum absolute atomic E-state index is 0. The molecule has 2 heterocycles. The normalized spacial score (nSPS) is 17.6. The lowest BCUT2D eigenvalue weighted by Gasteiger charge is -2.30. The summed E-state index contributed by atoms with van der Waals surface area (Å²) in [6.45, 7) is 10.2. The Kier molecular flexibility index (Phi) is 9.61. The molecule has 4 heteroatoms. The van der Waals surface area contributed by atoms with Crippen LogP contribution in [0.3, 0.4) is 0 Å². The summed E-state index contributed by atoms with van der Waals surface area (Å²) in [5, 5.41) is 4.89. The van der Waals surface area contributed by atoms with Crippen LogP contribution < -0.4 is 5.32 Å². The van der Waals surface area contributed by atoms with Crippen LogP contribution >= 0.6 is 12.1 Å². The maximum Gasteiger partial charge on any atom is 0.0815 e. The van der Waals surface area contributed by atoms with E-state index >= 15 is 0 Å². The van der Waals surface area contributed by atoms with Crippen molar-refractivity contribution in [2.45, 2.75) is 65.4 Å². The van der Waals surface area contributed by atoms with Crippen molar-refractivity contribution in [1.82, 2.24) is 10.3 Å². The first-order valence-corrected chi connectivity index (χ1v) is 10.2. The van der Waals surface area contributed by atoms with E-state index in [9.17, 15) is 3.89 Å². The summed E-state index contributed by atoms with van der Waals surface area (Å²) in [7, 11) is 0. The van der Waals surface area contributed by atoms with Crippen LogP contribution in [-0.4, -0.2) is 11.0 Å². The van der Waals surface area contributed by atoms with Crippen LogP contribution in [0.4, 0.5) is 3.89 Å². The molecule has 1 aliphatic heterocycles. The first-order chi connectivity index (χ1) is 12.8. The van der Waals surface area contributed by atoms with Crippen molar-refractivity contribution >= 4 is 23.1 Å². The molecule has 0 fully saturated rings. The van der Waals surface area contributed by atoms with E-state index in [0.29, 0.717) is 23.1 Å². The van der Waals surface area contributed by atoms with Crippen molar-refractivity contribution in [3.63, 3.8) is 0 Å². The van der Waals surface area contributed by atoms with Gasteiger partial charge in [0.25, 0.3) is 0 Å². The number of aromatic amines is 1. The second-order valence-electron chi connectivity index (χ2n) is 5.88. The number of H-pyrrole nitrogens is 1. The molecule has 0 spiro atoms. The maximum atomic E-state index is 13.3. The number of fused-ring (bicyclic) bond motifs is 3. The highest BCUT2D eigenvalue weighted by atomic mass is 32.2. The smallest absolute Gasteiger partial charge is 0.0815 e. The fourth-order valence-electron chi connectivity index (χ4n) is 3.45. The Morgan fingerprint density at radius 1 is 0.963 bits per heavy atom. The van der Waals surface area contributed by atoms with E-state index in [1.165, 1.54) is 16.6 Å². The van der Waals surface area contributed by atoms with Gasteiger partial charge < -0.3 is 10.3 Å². The lowest BCUT2D eigenvalue weighted by Crippen LogP contribution is -2.38. The fourth-order valence-corrected chi connectivity index (χ4v) is 3.86. The Balaban J connectivity index is 0.000000686. The summed E-state index contributed by atoms with van der Waals surface area (Å²) in [6, 6.07) is 16.4. The van der Waals surface area contributed by atoms with E-state index in [-0.39, 0.29) is 13.5 Å². The molecule has 0 aliphatic carbocycles. The van der Waals surface area contributed by atoms with Crippen molar-refractivity contribution in [2.24, 2.45) is 0 Å². The van der Waals surface area contributed by atoms with E-state index in [0.717, 1.165) is 17.5 Å². The van der Waals surface area contributed by atoms with Crippen LogP contribution in [0.2, 0.25) is 0 Å². The van der Waals surface area contributed by atoms with Gasteiger partial charge in [0.15, 0.2) is 0 Å². The predicted molar refractivity (Wildman–Crippen MR) is 119 cm³/mol. The average Bonchev–Trinajstić information content (AvgIpc) is 3.09. The topological polar surface area (TPSA) is 27.8 Å². The van der Waals surface area contributed by atoms with Gasteiger partial charge in [0.2, 0.25) is 0 Å². The second-order valence-corrected chi connectivity index (χ2v) is 6.48. The fraction of sp³-hybridized carbons (Fsp3) is 0.391. The minimum Gasteiger partial charge on any atom is -0.357 e. The van der Waals surface area contributed by atoms with Crippen LogP contribution in [-0.2, 0) is 6.42 Å². The molecule has 0 radical (unpaired) electrons. The number of benzene rings is 2. The first-order valence-electron chi connectivity index (χ1n) is 9.51. The number of para-hydroxylation sites is 1. The lowest BCUT2D eigenvalue weighted by molar-refractivity contribution is 0.456. The van der Waals surface area contributed by atoms with Gasteiger partial charge in [0, 0.05) is 27.5 Å². The monoisotopic (exact) mass is 388 g/mol. The molecular weight excluding hydrogens is 355 g/mol. The van der Waals surface area contributed by atoms with E-state index in [1.807, 2.05) is 58.0 Å². The number of aromatic nitrogens is 1. The average molecular weight is 389 g/mol. The Morgan fingerprint density at radius 2 is 1.59 bits per heavy atom. The standard InChI is InChI=1S/C18H17FN2S.2C2H6.CH4/c1-11-10-14-12-6-2-4-8-15(12)21-18(14)17(20-11)13-7-3-5-9-16(13)22-19;2*1-2;/h2-9,11,17,20-21H,10H2,1H3;2*1-2H3;1H4/t11-,17+;;;/m1.../s1. The van der Waals surface area contributed by atoms with E-state index in [4.69, 9.17) is 0 Å². The third kappa shape index (κ3) is 4.74. The van der Waals surface area contributed by atoms with Gasteiger partial charge in [0.05, 0.1) is 18.2 Å². The highest BCUT2D eigenvalue weighted by Gasteiger charge is 2.29. The summed E-state index contributed by atoms with van der Waals surface area (Å²) < 4.78 is 13.3. The van der Waals surface area contributed by atoms with Crippen LogP contribution in [0.5, 0.6) is 0 Å². The molecule has 2 N–H and O–H groups in total. The predicted octanol–water partition coefficient (Wildman–Crippen LogP) is 7.46. The Hall–Kier alpha value is -1.78. The lowest BCUT2D eigenvalue weighted by atomic mass is 9.91. The number of hydrogen-bond donors (Lipinski definition) is 2. The van der Waals surface area contributed by atoms with Gasteiger partial charge in [-0.1, -0.05) is 71.5 Å². The van der Waals surface area contributed by atoms with Gasteiger partial charge in [0.1, 0.15) is 0 Å². The van der Waals surface area contributed by atoms with Crippen LogP contribution in [0.15, 0.2) is 53.4 Å². The molecule has 0 saturated carbocycles. The summed E-state index contributed by atoms with van der Waals surface area (Å²) in [6.07, 6.45) is 0.987. The molecule has 2 atom stereocenters. The van der Waals surface area contributed by atoms with Gasteiger partial charge in [-0.25, -0.2) is 0 Å². The minimum atomic E-state index is 0. The maximum absolute atomic E-state index is 13.3. The van der Waals surface area contributed by atoms with E-state index in [2.05, 4.69) is 35.4 Å². The summed E-state index contributed by atoms with van der Waals surface area (Å²) in [5.41, 5.74) is 4.67. The van der Waals surface area contributed by atoms with Gasteiger partial charge in [-0.2, -0.15) is 3.89 Å². The Labute approximate surface area is 168 Å². The van der Waals surface area contributed by atoms with Gasteiger partial charge in [-0.15, -0.1) is 0 Å². The zero-order valence-corrected chi connectivity index (χ0v) is 17.1. The van der Waals surface area contributed by atoms with Gasteiger partial charge in [-0.05, 0) is 36.6 Å². The summed E-state index contributed by atoms with van der Waals surface area (Å²) in [4.78, 5) is 4.22. The van der Waals surface area contributed by atoms with Crippen molar-refractivity contribution < 1.29 is 3.89 Å². The zero-order valence-electron chi connectivity index (χ0n) is 16.3. The molecule has 27 heavy (non-hydrogen) atoms. The number of rotatable bonds is 2. The molecule has 1 aliphatic rings. The number of hydrogen-bond acceptors (Lipinski definition) is 2. The van der Waals surface area contributed by atoms with Crippen LogP contribution in [0.25, 0.3) is 10.9 Å². The first kappa shape index (κ1) is 23.3. The Bertz CT molecular complexity index is 828. The quantitative estimate of drug-likeness (QED) is 0.477. The second kappa shape index (κ2) is 11.2. The molecule has 0 bridgehead atoms. The van der Waals surface area contributed by atoms with Gasteiger partial charge >= 0.3 is 0 Å². The number of nitrogens with one attached hydrogen (secondary N) is 2. The largest absolute Gasteiger partial charge is 0.357 e. The highest BCUT2D eigenvalue weighted by molar-refractivity contribution is 7.94. The SMILES string of the molecule is C.CC.CC.C[C@@H]1Cc2c([nH]c3ccccc23)[C@H](c2ccccc2SF)N1. The molecular formula is C23H33FN2S. The molecule has 0 unspecified atom stereocenters. The van der Waals surface area contributed by atoms with Crippen molar-refractivity contribution in [2.75, 3.05) is 0 Å². The van der Waals surface area contributed by atoms with E-state index in [1.54, 1.807) is 0 Å². The zero-order chi connectivity index (χ0) is 19.1. The molecule has 2 aromatic carbocycles. The molecule has 2 nitrogen and oxygen atoms in total. The third-order valence-corrected chi connectivity index (χ3v) is 4.95. The van der Waals surface area contributed by atoms with Gasteiger partial charge in [-0.3, -0.25) is 0 Å². The molecule has 148 valence electrons. The molecule has 0 saturated heterocycles. The van der Waals surface area contributed by atoms with Crippen molar-refractivity contribution in [3.05, 3.63) is 65.4 Å². The molecule has 3 aromatic rings. The summed E-state index contributed by atoms with van der Waals surface area (Å²) in [5.74, 6) is 0.